The molecule has 5 nitrogen and oxygen atoms in total. The average molecular weight is 751 g/mol. The van der Waals surface area contributed by atoms with Gasteiger partial charge < -0.3 is 14.6 Å². The Morgan fingerprint density at radius 1 is 0.396 bits per heavy atom. The summed E-state index contributed by atoms with van der Waals surface area (Å²) < 4.78 is 11.3. The Balaban J connectivity index is 3.65. The van der Waals surface area contributed by atoms with Crippen LogP contribution in [0.5, 0.6) is 0 Å². The summed E-state index contributed by atoms with van der Waals surface area (Å²) in [6, 6.07) is 0. The van der Waals surface area contributed by atoms with Crippen molar-refractivity contribution >= 4 is 11.9 Å². The zero-order chi connectivity index (χ0) is 38.8. The van der Waals surface area contributed by atoms with Crippen LogP contribution in [0.1, 0.15) is 278 Å². The first-order chi connectivity index (χ1) is 26.0. The van der Waals surface area contributed by atoms with Gasteiger partial charge in [0.15, 0.2) is 0 Å². The van der Waals surface area contributed by atoms with Crippen molar-refractivity contribution in [2.45, 2.75) is 283 Å². The van der Waals surface area contributed by atoms with Gasteiger partial charge in [0, 0.05) is 32.3 Å². The molecule has 0 aromatic carbocycles. The maximum Gasteiger partial charge on any atom is 0.306 e. The lowest BCUT2D eigenvalue weighted by molar-refractivity contribution is -0.162. The molecular formula is C48H94O5. The highest BCUT2D eigenvalue weighted by molar-refractivity contribution is 5.70. The minimum absolute atomic E-state index is 0.0593. The molecule has 0 bridgehead atoms. The topological polar surface area (TPSA) is 72.8 Å². The fourth-order valence-corrected chi connectivity index (χ4v) is 7.58. The molecule has 1 unspecified atom stereocenters. The molecule has 0 saturated heterocycles. The number of aliphatic hydroxyl groups excluding tert-OH is 1. The second kappa shape index (κ2) is 42.1. The Morgan fingerprint density at radius 3 is 0.943 bits per heavy atom. The molecule has 5 heteroatoms. The lowest BCUT2D eigenvalue weighted by Gasteiger charge is -2.29. The third-order valence-electron chi connectivity index (χ3n) is 11.4. The third-order valence-corrected chi connectivity index (χ3v) is 11.4. The van der Waals surface area contributed by atoms with E-state index in [1.54, 1.807) is 0 Å². The first kappa shape index (κ1) is 51.9. The van der Waals surface area contributed by atoms with Crippen molar-refractivity contribution in [1.82, 2.24) is 0 Å². The standard InChI is InChI=1S/C48H94O5/c1-4-6-8-10-12-14-16-18-20-22-24-26-28-30-32-34-36-38-40-46(50)52-45-43-48(3,42-44-49)53-47(51)41-39-37-35-33-31-29-27-25-23-21-19-17-15-13-11-9-7-5-2/h49H,4-45H2,1-3H3. The van der Waals surface area contributed by atoms with Crippen LogP contribution in [0.3, 0.4) is 0 Å². The molecule has 0 spiro atoms. The fraction of sp³-hybridized carbons (Fsp3) is 0.958. The SMILES string of the molecule is CCCCCCCCCCCCCCCCCCCCC(=O)OCCC(C)(CCO)OC(=O)CCCCCCCCCCCCCCCCCCCC. The van der Waals surface area contributed by atoms with Crippen LogP contribution in [0.25, 0.3) is 0 Å². The van der Waals surface area contributed by atoms with Gasteiger partial charge in [-0.15, -0.1) is 0 Å². The molecule has 0 aliphatic rings. The number of hydrogen-bond donors (Lipinski definition) is 1. The van der Waals surface area contributed by atoms with E-state index < -0.39 is 5.60 Å². The van der Waals surface area contributed by atoms with Crippen molar-refractivity contribution in [1.29, 1.82) is 0 Å². The van der Waals surface area contributed by atoms with E-state index in [9.17, 15) is 14.7 Å². The first-order valence-electron chi connectivity index (χ1n) is 24.0. The summed E-state index contributed by atoms with van der Waals surface area (Å²) in [5.74, 6) is -0.374. The number of unbranched alkanes of at least 4 members (excludes halogenated alkanes) is 34. The van der Waals surface area contributed by atoms with Crippen LogP contribution < -0.4 is 0 Å². The monoisotopic (exact) mass is 751 g/mol. The predicted octanol–water partition coefficient (Wildman–Crippen LogP) is 15.5. The van der Waals surface area contributed by atoms with E-state index >= 15 is 0 Å². The molecule has 0 fully saturated rings. The summed E-state index contributed by atoms with van der Waals surface area (Å²) in [6.45, 7) is 6.58. The number of carbonyl (C=O) groups is 2. The Kier molecular flexibility index (Phi) is 41.2. The molecular weight excluding hydrogens is 657 g/mol. The molecule has 0 saturated carbocycles. The number of esters is 2. The number of rotatable bonds is 44. The maximum absolute atomic E-state index is 12.6. The van der Waals surface area contributed by atoms with Gasteiger partial charge in [-0.05, 0) is 19.8 Å². The zero-order valence-electron chi connectivity index (χ0n) is 36.3. The largest absolute Gasteiger partial charge is 0.466 e. The molecule has 53 heavy (non-hydrogen) atoms. The molecule has 316 valence electrons. The summed E-state index contributed by atoms with van der Waals surface area (Å²) in [5, 5.41) is 9.58. The van der Waals surface area contributed by atoms with Gasteiger partial charge >= 0.3 is 11.9 Å². The van der Waals surface area contributed by atoms with Crippen molar-refractivity contribution in [3.63, 3.8) is 0 Å². The molecule has 0 amide bonds. The molecule has 0 heterocycles. The molecule has 0 rings (SSSR count). The summed E-state index contributed by atoms with van der Waals surface area (Å²) in [4.78, 5) is 24.9. The smallest absolute Gasteiger partial charge is 0.306 e. The third kappa shape index (κ3) is 40.4. The average Bonchev–Trinajstić information content (AvgIpc) is 3.13. The lowest BCUT2D eigenvalue weighted by Crippen LogP contribution is -2.34. The van der Waals surface area contributed by atoms with E-state index in [2.05, 4.69) is 13.8 Å². The van der Waals surface area contributed by atoms with Crippen LogP contribution in [0.4, 0.5) is 0 Å². The van der Waals surface area contributed by atoms with Crippen molar-refractivity contribution in [2.24, 2.45) is 0 Å². The van der Waals surface area contributed by atoms with Gasteiger partial charge in [-0.25, -0.2) is 0 Å². The molecule has 1 atom stereocenters. The normalized spacial score (nSPS) is 12.6. The Hall–Kier alpha value is -1.10. The van der Waals surface area contributed by atoms with Gasteiger partial charge in [0.25, 0.3) is 0 Å². The highest BCUT2D eigenvalue weighted by atomic mass is 16.6. The molecule has 0 aromatic heterocycles. The summed E-state index contributed by atoms with van der Waals surface area (Å²) in [6.07, 6.45) is 49.4. The van der Waals surface area contributed by atoms with Crippen LogP contribution in [0.2, 0.25) is 0 Å². The van der Waals surface area contributed by atoms with E-state index in [1.807, 2.05) is 6.92 Å². The van der Waals surface area contributed by atoms with E-state index in [1.165, 1.54) is 205 Å². The maximum atomic E-state index is 12.6. The van der Waals surface area contributed by atoms with E-state index in [-0.39, 0.29) is 25.2 Å². The predicted molar refractivity (Wildman–Crippen MR) is 229 cm³/mol. The van der Waals surface area contributed by atoms with Crippen LogP contribution in [-0.2, 0) is 19.1 Å². The Morgan fingerprint density at radius 2 is 0.660 bits per heavy atom. The van der Waals surface area contributed by atoms with Gasteiger partial charge in [0.05, 0.1) is 6.61 Å². The minimum Gasteiger partial charge on any atom is -0.466 e. The van der Waals surface area contributed by atoms with Gasteiger partial charge in [-0.1, -0.05) is 232 Å². The second-order valence-electron chi connectivity index (χ2n) is 16.9. The Bertz CT molecular complexity index is 754. The van der Waals surface area contributed by atoms with Crippen molar-refractivity contribution < 1.29 is 24.2 Å². The number of hydrogen-bond acceptors (Lipinski definition) is 5. The summed E-state index contributed by atoms with van der Waals surface area (Å²) >= 11 is 0. The van der Waals surface area contributed by atoms with Gasteiger partial charge in [0.2, 0.25) is 0 Å². The molecule has 1 N–H and O–H groups in total. The lowest BCUT2D eigenvalue weighted by atomic mass is 9.98. The van der Waals surface area contributed by atoms with Crippen LogP contribution in [-0.4, -0.2) is 35.9 Å². The van der Waals surface area contributed by atoms with Gasteiger partial charge in [-0.3, -0.25) is 9.59 Å². The molecule has 0 aliphatic heterocycles. The van der Waals surface area contributed by atoms with Crippen LogP contribution >= 0.6 is 0 Å². The van der Waals surface area contributed by atoms with Crippen LogP contribution in [0.15, 0.2) is 0 Å². The number of ether oxygens (including phenoxy) is 2. The van der Waals surface area contributed by atoms with Crippen molar-refractivity contribution in [3.05, 3.63) is 0 Å². The highest BCUT2D eigenvalue weighted by Crippen LogP contribution is 2.23. The van der Waals surface area contributed by atoms with Gasteiger partial charge in [0.1, 0.15) is 5.60 Å². The number of carbonyl (C=O) groups excluding carboxylic acids is 2. The van der Waals surface area contributed by atoms with E-state index in [0.29, 0.717) is 25.7 Å². The minimum atomic E-state index is -0.798. The molecule has 0 aliphatic carbocycles. The van der Waals surface area contributed by atoms with Crippen molar-refractivity contribution in [2.75, 3.05) is 13.2 Å². The Labute approximate surface area is 331 Å². The van der Waals surface area contributed by atoms with Gasteiger partial charge in [-0.2, -0.15) is 0 Å². The zero-order valence-corrected chi connectivity index (χ0v) is 36.3. The van der Waals surface area contributed by atoms with E-state index in [0.717, 1.165) is 25.7 Å². The number of aliphatic hydroxyl groups is 1. The summed E-state index contributed by atoms with van der Waals surface area (Å²) in [5.41, 5.74) is -0.798. The van der Waals surface area contributed by atoms with E-state index in [4.69, 9.17) is 9.47 Å². The van der Waals surface area contributed by atoms with Crippen molar-refractivity contribution in [3.8, 4) is 0 Å². The second-order valence-corrected chi connectivity index (χ2v) is 16.9. The van der Waals surface area contributed by atoms with Crippen LogP contribution in [0, 0.1) is 0 Å². The molecule has 0 radical (unpaired) electrons. The first-order valence-corrected chi connectivity index (χ1v) is 24.0. The summed E-state index contributed by atoms with van der Waals surface area (Å²) in [7, 11) is 0. The fourth-order valence-electron chi connectivity index (χ4n) is 7.58. The quantitative estimate of drug-likeness (QED) is 0.0496. The molecule has 0 aromatic rings. The highest BCUT2D eigenvalue weighted by Gasteiger charge is 2.28.